The lowest BCUT2D eigenvalue weighted by Gasteiger charge is -2.27. The Bertz CT molecular complexity index is 1090. The first kappa shape index (κ1) is 20.2. The molecular weight excluding hydrogens is 385 g/mol. The number of nitrogens with zero attached hydrogens (tertiary/aromatic N) is 1. The van der Waals surface area contributed by atoms with Crippen molar-refractivity contribution in [2.24, 2.45) is 0 Å². The highest BCUT2D eigenvalue weighted by Gasteiger charge is 2.15. The minimum Gasteiger partial charge on any atom is -0.507 e. The molecule has 150 valence electrons. The topological polar surface area (TPSA) is 23.5 Å². The van der Waals surface area contributed by atoms with Gasteiger partial charge in [0.05, 0.1) is 0 Å². The summed E-state index contributed by atoms with van der Waals surface area (Å²) in [4.78, 5) is 2.35. The lowest BCUT2D eigenvalue weighted by Crippen LogP contribution is -2.22. The van der Waals surface area contributed by atoms with E-state index in [4.69, 9.17) is 0 Å². The molecule has 0 amide bonds. The van der Waals surface area contributed by atoms with Gasteiger partial charge in [-0.2, -0.15) is 0 Å². The van der Waals surface area contributed by atoms with Crippen LogP contribution in [0.2, 0.25) is 0 Å². The lowest BCUT2D eigenvalue weighted by molar-refractivity contribution is 0.475. The zero-order chi connectivity index (χ0) is 20.9. The molecule has 1 atom stereocenters. The second-order valence-corrected chi connectivity index (χ2v) is 8.75. The van der Waals surface area contributed by atoms with Crippen LogP contribution in [-0.2, 0) is 6.54 Å². The fourth-order valence-corrected chi connectivity index (χ4v) is 5.02. The zero-order valence-electron chi connectivity index (χ0n) is 17.3. The number of anilines is 2. The highest BCUT2D eigenvalue weighted by molar-refractivity contribution is 7.56. The van der Waals surface area contributed by atoms with Crippen LogP contribution in [0.25, 0.3) is 0 Å². The predicted molar refractivity (Wildman–Crippen MR) is 130 cm³/mol. The quantitative estimate of drug-likeness (QED) is 0.395. The summed E-state index contributed by atoms with van der Waals surface area (Å²) in [7, 11) is 0.408. The van der Waals surface area contributed by atoms with Crippen molar-refractivity contribution in [2.75, 3.05) is 4.90 Å². The molecule has 0 aliphatic carbocycles. The third kappa shape index (κ3) is 4.40. The fourth-order valence-electron chi connectivity index (χ4n) is 3.65. The number of phenolic OH excluding ortho intramolecular Hbond substituents is 1. The third-order valence-corrected chi connectivity index (χ3v) is 6.96. The molecular formula is C27H26NOP. The summed E-state index contributed by atoms with van der Waals surface area (Å²) in [5, 5.41) is 12.9. The summed E-state index contributed by atoms with van der Waals surface area (Å²) in [6.45, 7) is 4.88. The number of phenols is 1. The largest absolute Gasteiger partial charge is 0.507 e. The molecule has 0 spiro atoms. The number of para-hydroxylation sites is 3. The molecule has 4 aromatic rings. The van der Waals surface area contributed by atoms with Gasteiger partial charge >= 0.3 is 0 Å². The van der Waals surface area contributed by atoms with Crippen molar-refractivity contribution in [1.29, 1.82) is 0 Å². The van der Waals surface area contributed by atoms with Gasteiger partial charge in [0.1, 0.15) is 5.75 Å². The van der Waals surface area contributed by atoms with Crippen LogP contribution in [0.1, 0.15) is 16.7 Å². The molecule has 1 unspecified atom stereocenters. The maximum absolute atomic E-state index is 10.6. The van der Waals surface area contributed by atoms with Gasteiger partial charge in [-0.1, -0.05) is 81.4 Å². The molecule has 0 aliphatic rings. The van der Waals surface area contributed by atoms with E-state index in [1.807, 2.05) is 37.3 Å². The van der Waals surface area contributed by atoms with Gasteiger partial charge in [0.25, 0.3) is 0 Å². The monoisotopic (exact) mass is 411 g/mol. The summed E-state index contributed by atoms with van der Waals surface area (Å²) in [6, 6.07) is 33.5. The van der Waals surface area contributed by atoms with E-state index in [2.05, 4.69) is 78.6 Å². The summed E-state index contributed by atoms with van der Waals surface area (Å²) >= 11 is 0. The van der Waals surface area contributed by atoms with Gasteiger partial charge in [0.15, 0.2) is 0 Å². The van der Waals surface area contributed by atoms with Crippen molar-refractivity contribution in [1.82, 2.24) is 0 Å². The van der Waals surface area contributed by atoms with Gasteiger partial charge < -0.3 is 10.0 Å². The molecule has 0 aromatic heterocycles. The summed E-state index contributed by atoms with van der Waals surface area (Å²) in [5.41, 5.74) is 5.79. The van der Waals surface area contributed by atoms with Crippen LogP contribution in [0.5, 0.6) is 5.75 Å². The van der Waals surface area contributed by atoms with Crippen molar-refractivity contribution in [3.05, 3.63) is 114 Å². The molecule has 4 aromatic carbocycles. The predicted octanol–water partition coefficient (Wildman–Crippen LogP) is 5.98. The molecule has 0 heterocycles. The first-order chi connectivity index (χ1) is 14.6. The molecule has 1 N–H and O–H groups in total. The van der Waals surface area contributed by atoms with Crippen LogP contribution in [0, 0.1) is 13.8 Å². The van der Waals surface area contributed by atoms with Crippen LogP contribution in [0.4, 0.5) is 11.4 Å². The van der Waals surface area contributed by atoms with Crippen molar-refractivity contribution >= 4 is 30.6 Å². The smallest absolute Gasteiger partial charge is 0.126 e. The summed E-state index contributed by atoms with van der Waals surface area (Å²) < 4.78 is 0. The Morgan fingerprint density at radius 3 is 1.87 bits per heavy atom. The maximum Gasteiger partial charge on any atom is 0.126 e. The average molecular weight is 411 g/mol. The molecule has 0 aliphatic heterocycles. The maximum atomic E-state index is 10.6. The van der Waals surface area contributed by atoms with Crippen molar-refractivity contribution in [3.8, 4) is 5.75 Å². The number of rotatable bonds is 6. The van der Waals surface area contributed by atoms with Crippen LogP contribution in [0.15, 0.2) is 97.1 Å². The second kappa shape index (κ2) is 9.15. The van der Waals surface area contributed by atoms with Crippen molar-refractivity contribution < 1.29 is 5.11 Å². The molecule has 0 bridgehead atoms. The number of hydrogen-bond acceptors (Lipinski definition) is 2. The first-order valence-electron chi connectivity index (χ1n) is 10.2. The molecule has 0 fully saturated rings. The molecule has 0 saturated carbocycles. The third-order valence-electron chi connectivity index (χ3n) is 5.32. The van der Waals surface area contributed by atoms with Crippen LogP contribution >= 0.6 is 8.58 Å². The normalized spacial score (nSPS) is 11.1. The van der Waals surface area contributed by atoms with Gasteiger partial charge in [0.2, 0.25) is 0 Å². The molecule has 0 saturated heterocycles. The van der Waals surface area contributed by atoms with E-state index in [0.29, 0.717) is 14.3 Å². The van der Waals surface area contributed by atoms with Crippen LogP contribution < -0.4 is 15.5 Å². The summed E-state index contributed by atoms with van der Waals surface area (Å²) in [6.07, 6.45) is 0. The standard InChI is InChI=1S/C27H26NOP/c1-20-11-10-18-25(26(20)29)30-27-21(2)12-9-13-22(27)19-28(23-14-5-3-6-15-23)24-16-7-4-8-17-24/h3-18,29-30H,19H2,1-2H3. The summed E-state index contributed by atoms with van der Waals surface area (Å²) in [5.74, 6) is 0.410. The Labute approximate surface area is 180 Å². The Morgan fingerprint density at radius 1 is 0.667 bits per heavy atom. The Kier molecular flexibility index (Phi) is 6.16. The van der Waals surface area contributed by atoms with E-state index < -0.39 is 0 Å². The van der Waals surface area contributed by atoms with Crippen molar-refractivity contribution in [3.63, 3.8) is 0 Å². The van der Waals surface area contributed by atoms with E-state index in [1.165, 1.54) is 16.4 Å². The fraction of sp³-hybridized carbons (Fsp3) is 0.111. The van der Waals surface area contributed by atoms with E-state index >= 15 is 0 Å². The lowest BCUT2D eigenvalue weighted by atomic mass is 10.1. The minimum absolute atomic E-state index is 0.408. The van der Waals surface area contributed by atoms with E-state index in [0.717, 1.165) is 28.8 Å². The number of aromatic hydroxyl groups is 1. The van der Waals surface area contributed by atoms with Crippen LogP contribution in [0.3, 0.4) is 0 Å². The van der Waals surface area contributed by atoms with E-state index in [-0.39, 0.29) is 0 Å². The molecule has 30 heavy (non-hydrogen) atoms. The Hall–Kier alpha value is -3.09. The van der Waals surface area contributed by atoms with Gasteiger partial charge in [-0.15, -0.1) is 0 Å². The SMILES string of the molecule is Cc1cccc(Pc2c(C)cccc2CN(c2ccccc2)c2ccccc2)c1O. The van der Waals surface area contributed by atoms with Gasteiger partial charge in [-0.05, 0) is 60.1 Å². The number of benzene rings is 4. The van der Waals surface area contributed by atoms with Gasteiger partial charge in [0, 0.05) is 23.2 Å². The highest BCUT2D eigenvalue weighted by atomic mass is 31.1. The molecule has 0 radical (unpaired) electrons. The van der Waals surface area contributed by atoms with Crippen LogP contribution in [-0.4, -0.2) is 5.11 Å². The zero-order valence-corrected chi connectivity index (χ0v) is 18.3. The Morgan fingerprint density at radius 2 is 1.23 bits per heavy atom. The number of hydrogen-bond donors (Lipinski definition) is 1. The average Bonchev–Trinajstić information content (AvgIpc) is 2.78. The molecule has 2 nitrogen and oxygen atoms in total. The molecule has 4 rings (SSSR count). The van der Waals surface area contributed by atoms with E-state index in [1.54, 1.807) is 0 Å². The Balaban J connectivity index is 1.74. The van der Waals surface area contributed by atoms with Gasteiger partial charge in [-0.25, -0.2) is 0 Å². The molecule has 3 heteroatoms. The second-order valence-electron chi connectivity index (χ2n) is 7.46. The number of aryl methyl sites for hydroxylation is 2. The highest BCUT2D eigenvalue weighted by Crippen LogP contribution is 2.29. The van der Waals surface area contributed by atoms with Gasteiger partial charge in [-0.3, -0.25) is 0 Å². The van der Waals surface area contributed by atoms with E-state index in [9.17, 15) is 5.11 Å². The van der Waals surface area contributed by atoms with Crippen molar-refractivity contribution in [2.45, 2.75) is 20.4 Å². The first-order valence-corrected chi connectivity index (χ1v) is 11.2. The minimum atomic E-state index is 0.408.